The maximum atomic E-state index is 4.19. The van der Waals surface area contributed by atoms with Gasteiger partial charge in [-0.15, -0.1) is 0 Å². The van der Waals surface area contributed by atoms with Crippen LogP contribution in [0.5, 0.6) is 0 Å². The molecule has 0 saturated heterocycles. The van der Waals surface area contributed by atoms with Gasteiger partial charge >= 0.3 is 0 Å². The summed E-state index contributed by atoms with van der Waals surface area (Å²) in [7, 11) is 2.02. The van der Waals surface area contributed by atoms with Gasteiger partial charge in [-0.1, -0.05) is 43.7 Å². The monoisotopic (exact) mass is 245 g/mol. The molecule has 0 fully saturated rings. The van der Waals surface area contributed by atoms with E-state index >= 15 is 0 Å². The van der Waals surface area contributed by atoms with Gasteiger partial charge in [-0.2, -0.15) is 0 Å². The molecule has 0 aromatic heterocycles. The van der Waals surface area contributed by atoms with Crippen LogP contribution in [-0.4, -0.2) is 13.6 Å². The first-order valence-corrected chi connectivity index (χ1v) is 7.11. The maximum absolute atomic E-state index is 4.19. The van der Waals surface area contributed by atoms with Gasteiger partial charge in [0.05, 0.1) is 0 Å². The van der Waals surface area contributed by atoms with E-state index in [-0.39, 0.29) is 0 Å². The minimum atomic E-state index is 1.04. The van der Waals surface area contributed by atoms with Crippen LogP contribution in [0.15, 0.2) is 24.8 Å². The molecule has 0 unspecified atom stereocenters. The number of unbranched alkanes of at least 4 members (excludes halogenated alkanes) is 2. The lowest BCUT2D eigenvalue weighted by atomic mass is 9.94. The number of hydrogen-bond donors (Lipinski definition) is 1. The normalized spacial score (nSPS) is 10.6. The summed E-state index contributed by atoms with van der Waals surface area (Å²) in [4.78, 5) is 0. The van der Waals surface area contributed by atoms with Crippen molar-refractivity contribution in [3.8, 4) is 0 Å². The van der Waals surface area contributed by atoms with Crippen LogP contribution in [0.25, 0.3) is 5.57 Å². The minimum absolute atomic E-state index is 1.04. The third-order valence-corrected chi connectivity index (χ3v) is 3.45. The minimum Gasteiger partial charge on any atom is -0.320 e. The zero-order valence-corrected chi connectivity index (χ0v) is 12.2. The van der Waals surface area contributed by atoms with E-state index in [1.54, 1.807) is 0 Å². The number of rotatable bonds is 8. The summed E-state index contributed by atoms with van der Waals surface area (Å²) in [5, 5.41) is 3.20. The summed E-state index contributed by atoms with van der Waals surface area (Å²) in [6.45, 7) is 9.66. The number of hydrogen-bond acceptors (Lipinski definition) is 1. The van der Waals surface area contributed by atoms with Crippen LogP contribution in [0.4, 0.5) is 0 Å². The zero-order chi connectivity index (χ0) is 13.4. The molecule has 1 rings (SSSR count). The second kappa shape index (κ2) is 8.10. The molecule has 18 heavy (non-hydrogen) atoms. The third kappa shape index (κ3) is 4.66. The van der Waals surface area contributed by atoms with Gasteiger partial charge in [-0.25, -0.2) is 0 Å². The van der Waals surface area contributed by atoms with E-state index < -0.39 is 0 Å². The van der Waals surface area contributed by atoms with Crippen molar-refractivity contribution < 1.29 is 0 Å². The molecule has 0 bridgehead atoms. The second-order valence-electron chi connectivity index (χ2n) is 5.03. The summed E-state index contributed by atoms with van der Waals surface area (Å²) in [6, 6.07) is 6.79. The first kappa shape index (κ1) is 15.0. The van der Waals surface area contributed by atoms with Crippen molar-refractivity contribution in [3.63, 3.8) is 0 Å². The zero-order valence-electron chi connectivity index (χ0n) is 12.2. The van der Waals surface area contributed by atoms with E-state index in [9.17, 15) is 0 Å². The van der Waals surface area contributed by atoms with Gasteiger partial charge in [0.2, 0.25) is 0 Å². The molecule has 1 nitrogen and oxygen atoms in total. The fourth-order valence-electron chi connectivity index (χ4n) is 2.22. The van der Waals surface area contributed by atoms with Crippen molar-refractivity contribution in [2.45, 2.75) is 46.0 Å². The molecule has 0 aliphatic carbocycles. The Morgan fingerprint density at radius 3 is 2.67 bits per heavy atom. The standard InChI is InChI=1S/C17H27N/c1-5-15(3)17-13-14(2)10-11-16(17)9-7-6-8-12-18-4/h10-11,13,18H,3,5-9,12H2,1-2,4H3. The number of aryl methyl sites for hydroxylation is 2. The largest absolute Gasteiger partial charge is 0.320 e. The Balaban J connectivity index is 2.61. The van der Waals surface area contributed by atoms with Crippen LogP contribution < -0.4 is 5.32 Å². The lowest BCUT2D eigenvalue weighted by molar-refractivity contribution is 0.642. The molecule has 1 aromatic rings. The van der Waals surface area contributed by atoms with Crippen LogP contribution in [-0.2, 0) is 6.42 Å². The molecule has 0 amide bonds. The predicted octanol–water partition coefficient (Wildman–Crippen LogP) is 4.35. The fourth-order valence-corrected chi connectivity index (χ4v) is 2.22. The lowest BCUT2D eigenvalue weighted by Gasteiger charge is -2.12. The Kier molecular flexibility index (Phi) is 6.74. The van der Waals surface area contributed by atoms with Crippen LogP contribution >= 0.6 is 0 Å². The third-order valence-electron chi connectivity index (χ3n) is 3.45. The molecule has 1 N–H and O–H groups in total. The van der Waals surface area contributed by atoms with E-state index in [2.05, 4.69) is 43.9 Å². The molecule has 0 atom stereocenters. The van der Waals surface area contributed by atoms with Crippen LogP contribution in [0.2, 0.25) is 0 Å². The topological polar surface area (TPSA) is 12.0 Å². The van der Waals surface area contributed by atoms with E-state index in [0.717, 1.165) is 13.0 Å². The predicted molar refractivity (Wildman–Crippen MR) is 82.0 cm³/mol. The molecular formula is C17H27N. The van der Waals surface area contributed by atoms with E-state index in [1.807, 2.05) is 7.05 Å². The van der Waals surface area contributed by atoms with Crippen molar-refractivity contribution in [2.24, 2.45) is 0 Å². The van der Waals surface area contributed by atoms with Crippen LogP contribution in [0.1, 0.15) is 49.3 Å². The molecule has 0 aliphatic rings. The molecule has 100 valence electrons. The van der Waals surface area contributed by atoms with Crippen molar-refractivity contribution in [1.82, 2.24) is 5.32 Å². The summed E-state index contributed by atoms with van der Waals surface area (Å²) in [6.07, 6.45) is 6.06. The van der Waals surface area contributed by atoms with Gasteiger partial charge in [-0.05, 0) is 62.9 Å². The van der Waals surface area contributed by atoms with Gasteiger partial charge in [0, 0.05) is 0 Å². The fraction of sp³-hybridized carbons (Fsp3) is 0.529. The molecular weight excluding hydrogens is 218 g/mol. The highest BCUT2D eigenvalue weighted by Crippen LogP contribution is 2.23. The first-order valence-electron chi connectivity index (χ1n) is 7.11. The van der Waals surface area contributed by atoms with Crippen molar-refractivity contribution >= 4 is 5.57 Å². The van der Waals surface area contributed by atoms with Gasteiger partial charge in [0.1, 0.15) is 0 Å². The highest BCUT2D eigenvalue weighted by atomic mass is 14.8. The molecule has 0 aliphatic heterocycles. The average Bonchev–Trinajstić information content (AvgIpc) is 2.39. The van der Waals surface area contributed by atoms with Crippen molar-refractivity contribution in [3.05, 3.63) is 41.5 Å². The molecule has 1 heteroatoms. The molecule has 0 saturated carbocycles. The van der Waals surface area contributed by atoms with Gasteiger partial charge < -0.3 is 5.32 Å². The Morgan fingerprint density at radius 2 is 2.00 bits per heavy atom. The number of benzene rings is 1. The van der Waals surface area contributed by atoms with Crippen LogP contribution in [0, 0.1) is 6.92 Å². The lowest BCUT2D eigenvalue weighted by Crippen LogP contribution is -2.07. The Labute approximate surface area is 112 Å². The summed E-state index contributed by atoms with van der Waals surface area (Å²) in [5.74, 6) is 0. The molecule has 0 heterocycles. The van der Waals surface area contributed by atoms with E-state index in [4.69, 9.17) is 0 Å². The Bertz CT molecular complexity index is 379. The van der Waals surface area contributed by atoms with E-state index in [1.165, 1.54) is 47.9 Å². The van der Waals surface area contributed by atoms with Crippen molar-refractivity contribution in [1.29, 1.82) is 0 Å². The van der Waals surface area contributed by atoms with Gasteiger partial charge in [0.25, 0.3) is 0 Å². The SMILES string of the molecule is C=C(CC)c1cc(C)ccc1CCCCCNC. The summed E-state index contributed by atoms with van der Waals surface area (Å²) in [5.41, 5.74) is 5.45. The molecule has 0 spiro atoms. The number of allylic oxidation sites excluding steroid dienone is 1. The number of nitrogens with one attached hydrogen (secondary N) is 1. The van der Waals surface area contributed by atoms with Gasteiger partial charge in [-0.3, -0.25) is 0 Å². The van der Waals surface area contributed by atoms with Gasteiger partial charge in [0.15, 0.2) is 0 Å². The van der Waals surface area contributed by atoms with Crippen molar-refractivity contribution in [2.75, 3.05) is 13.6 Å². The van der Waals surface area contributed by atoms with Crippen LogP contribution in [0.3, 0.4) is 0 Å². The Hall–Kier alpha value is -1.08. The summed E-state index contributed by atoms with van der Waals surface area (Å²) >= 11 is 0. The van der Waals surface area contributed by atoms with E-state index in [0.29, 0.717) is 0 Å². The Morgan fingerprint density at radius 1 is 1.22 bits per heavy atom. The maximum Gasteiger partial charge on any atom is -0.00519 e. The molecule has 0 radical (unpaired) electrons. The average molecular weight is 245 g/mol. The highest BCUT2D eigenvalue weighted by Gasteiger charge is 2.05. The highest BCUT2D eigenvalue weighted by molar-refractivity contribution is 5.66. The summed E-state index contributed by atoms with van der Waals surface area (Å²) < 4.78 is 0. The second-order valence-corrected chi connectivity index (χ2v) is 5.03. The first-order chi connectivity index (χ1) is 8.69. The smallest absolute Gasteiger partial charge is 0.00519 e. The quantitative estimate of drug-likeness (QED) is 0.671. The molecule has 1 aromatic carbocycles.